The number of carbonyl (C=O) groups excluding carboxylic acids is 1. The molecule has 3 aromatic rings. The van der Waals surface area contributed by atoms with E-state index in [2.05, 4.69) is 16.4 Å². The highest BCUT2D eigenvalue weighted by Gasteiger charge is 2.09. The van der Waals surface area contributed by atoms with Crippen molar-refractivity contribution < 1.29 is 4.79 Å². The van der Waals surface area contributed by atoms with E-state index in [0.717, 1.165) is 21.6 Å². The SMILES string of the molecule is Cc1[nH]c(=S)sc1CC(=O)Nc1ccc2sccc2c1. The number of amides is 1. The standard InChI is InChI=1S/C14H12N2OS3/c1-8-12(20-14(18)15-8)7-13(17)16-10-2-3-11-9(6-10)4-5-19-11/h2-6H,7H2,1H3,(H,15,18)(H,16,17). The van der Waals surface area contributed by atoms with Gasteiger partial charge in [0.25, 0.3) is 0 Å². The predicted molar refractivity (Wildman–Crippen MR) is 88.4 cm³/mol. The Morgan fingerprint density at radius 2 is 2.25 bits per heavy atom. The first kappa shape index (κ1) is 13.5. The summed E-state index contributed by atoms with van der Waals surface area (Å²) in [5.74, 6) is -0.0204. The molecular weight excluding hydrogens is 308 g/mol. The summed E-state index contributed by atoms with van der Waals surface area (Å²) in [6.45, 7) is 1.94. The van der Waals surface area contributed by atoms with Gasteiger partial charge >= 0.3 is 0 Å². The number of rotatable bonds is 3. The molecule has 2 heterocycles. The average Bonchev–Trinajstić information content (AvgIpc) is 2.96. The van der Waals surface area contributed by atoms with Crippen LogP contribution in [0.15, 0.2) is 29.6 Å². The summed E-state index contributed by atoms with van der Waals surface area (Å²) in [5, 5.41) is 6.14. The van der Waals surface area contributed by atoms with Gasteiger partial charge in [-0.2, -0.15) is 0 Å². The van der Waals surface area contributed by atoms with Gasteiger partial charge < -0.3 is 10.3 Å². The second kappa shape index (κ2) is 5.47. The smallest absolute Gasteiger partial charge is 0.229 e. The van der Waals surface area contributed by atoms with Crippen molar-refractivity contribution in [2.75, 3.05) is 5.32 Å². The zero-order valence-corrected chi connectivity index (χ0v) is 13.2. The number of carbonyl (C=O) groups is 1. The van der Waals surface area contributed by atoms with Crippen LogP contribution >= 0.6 is 34.9 Å². The number of anilines is 1. The summed E-state index contributed by atoms with van der Waals surface area (Å²) in [7, 11) is 0. The molecule has 0 unspecified atom stereocenters. The van der Waals surface area contributed by atoms with Crippen LogP contribution < -0.4 is 5.32 Å². The lowest BCUT2D eigenvalue weighted by Crippen LogP contribution is -2.14. The zero-order valence-electron chi connectivity index (χ0n) is 10.7. The number of H-pyrrole nitrogens is 1. The fourth-order valence-electron chi connectivity index (χ4n) is 2.00. The largest absolute Gasteiger partial charge is 0.341 e. The zero-order chi connectivity index (χ0) is 14.1. The molecule has 3 nitrogen and oxygen atoms in total. The maximum absolute atomic E-state index is 12.1. The molecule has 0 radical (unpaired) electrons. The molecule has 0 fully saturated rings. The van der Waals surface area contributed by atoms with E-state index in [4.69, 9.17) is 12.2 Å². The molecular formula is C14H12N2OS3. The third-order valence-electron chi connectivity index (χ3n) is 2.98. The van der Waals surface area contributed by atoms with Crippen LogP contribution in [-0.2, 0) is 11.2 Å². The lowest BCUT2D eigenvalue weighted by molar-refractivity contribution is -0.115. The molecule has 0 saturated carbocycles. The Labute approximate surface area is 129 Å². The maximum atomic E-state index is 12.1. The fraction of sp³-hybridized carbons (Fsp3) is 0.143. The maximum Gasteiger partial charge on any atom is 0.229 e. The molecule has 0 saturated heterocycles. The molecule has 6 heteroatoms. The van der Waals surface area contributed by atoms with Crippen LogP contribution in [0, 0.1) is 10.9 Å². The minimum atomic E-state index is -0.0204. The average molecular weight is 320 g/mol. The van der Waals surface area contributed by atoms with Crippen LogP contribution in [0.2, 0.25) is 0 Å². The molecule has 2 N–H and O–H groups in total. The summed E-state index contributed by atoms with van der Waals surface area (Å²) in [4.78, 5) is 16.1. The Bertz CT molecular complexity index is 828. The molecule has 1 aromatic carbocycles. The minimum Gasteiger partial charge on any atom is -0.341 e. The van der Waals surface area contributed by atoms with E-state index in [1.807, 2.05) is 30.5 Å². The Morgan fingerprint density at radius 3 is 3.00 bits per heavy atom. The van der Waals surface area contributed by atoms with Gasteiger partial charge in [-0.15, -0.1) is 22.7 Å². The molecule has 0 aliphatic carbocycles. The molecule has 0 atom stereocenters. The van der Waals surface area contributed by atoms with Gasteiger partial charge in [0.1, 0.15) is 0 Å². The van der Waals surface area contributed by atoms with Gasteiger partial charge in [-0.25, -0.2) is 0 Å². The van der Waals surface area contributed by atoms with Gasteiger partial charge in [-0.1, -0.05) is 0 Å². The van der Waals surface area contributed by atoms with E-state index in [9.17, 15) is 4.79 Å². The van der Waals surface area contributed by atoms with E-state index in [-0.39, 0.29) is 5.91 Å². The number of hydrogen-bond donors (Lipinski definition) is 2. The first-order chi connectivity index (χ1) is 9.61. The number of aromatic amines is 1. The summed E-state index contributed by atoms with van der Waals surface area (Å²) < 4.78 is 1.94. The molecule has 0 bridgehead atoms. The van der Waals surface area contributed by atoms with Gasteiger partial charge in [-0.05, 0) is 54.2 Å². The fourth-order valence-corrected chi connectivity index (χ4v) is 4.06. The number of nitrogens with one attached hydrogen (secondary N) is 2. The van der Waals surface area contributed by atoms with E-state index >= 15 is 0 Å². The Morgan fingerprint density at radius 1 is 1.40 bits per heavy atom. The summed E-state index contributed by atoms with van der Waals surface area (Å²) in [6, 6.07) is 8.01. The van der Waals surface area contributed by atoms with Crippen molar-refractivity contribution in [1.82, 2.24) is 4.98 Å². The van der Waals surface area contributed by atoms with E-state index in [0.29, 0.717) is 10.4 Å². The topological polar surface area (TPSA) is 44.9 Å². The molecule has 0 spiro atoms. The lowest BCUT2D eigenvalue weighted by atomic mass is 10.2. The summed E-state index contributed by atoms with van der Waals surface area (Å²) in [5.41, 5.74) is 1.81. The number of aromatic nitrogens is 1. The predicted octanol–water partition coefficient (Wildman–Crippen LogP) is 4.51. The van der Waals surface area contributed by atoms with Crippen molar-refractivity contribution in [3.8, 4) is 0 Å². The lowest BCUT2D eigenvalue weighted by Gasteiger charge is -2.05. The van der Waals surface area contributed by atoms with Crippen LogP contribution in [0.3, 0.4) is 0 Å². The Kier molecular flexibility index (Phi) is 3.69. The highest BCUT2D eigenvalue weighted by Crippen LogP contribution is 2.24. The van der Waals surface area contributed by atoms with E-state index in [1.165, 1.54) is 16.0 Å². The van der Waals surface area contributed by atoms with Crippen molar-refractivity contribution >= 4 is 56.6 Å². The number of aryl methyl sites for hydroxylation is 1. The van der Waals surface area contributed by atoms with Crippen molar-refractivity contribution in [2.45, 2.75) is 13.3 Å². The monoisotopic (exact) mass is 320 g/mol. The van der Waals surface area contributed by atoms with Crippen LogP contribution in [0.5, 0.6) is 0 Å². The van der Waals surface area contributed by atoms with Gasteiger partial charge in [0.05, 0.1) is 6.42 Å². The quantitative estimate of drug-likeness (QED) is 0.697. The van der Waals surface area contributed by atoms with E-state index in [1.54, 1.807) is 11.3 Å². The van der Waals surface area contributed by atoms with Gasteiger partial charge in [0.15, 0.2) is 3.95 Å². The van der Waals surface area contributed by atoms with Crippen LogP contribution in [0.1, 0.15) is 10.6 Å². The summed E-state index contributed by atoms with van der Waals surface area (Å²) >= 11 is 8.23. The number of benzene rings is 1. The first-order valence-electron chi connectivity index (χ1n) is 6.07. The highest BCUT2D eigenvalue weighted by molar-refractivity contribution is 7.73. The van der Waals surface area contributed by atoms with Crippen molar-refractivity contribution in [2.24, 2.45) is 0 Å². The summed E-state index contributed by atoms with van der Waals surface area (Å²) in [6.07, 6.45) is 0.352. The number of thiophene rings is 1. The highest BCUT2D eigenvalue weighted by atomic mass is 32.1. The van der Waals surface area contributed by atoms with Gasteiger partial charge in [-0.3, -0.25) is 4.79 Å². The molecule has 102 valence electrons. The van der Waals surface area contributed by atoms with Crippen molar-refractivity contribution in [3.63, 3.8) is 0 Å². The molecule has 2 aromatic heterocycles. The van der Waals surface area contributed by atoms with Gasteiger partial charge in [0.2, 0.25) is 5.91 Å². The van der Waals surface area contributed by atoms with Crippen LogP contribution in [0.4, 0.5) is 5.69 Å². The van der Waals surface area contributed by atoms with E-state index < -0.39 is 0 Å². The number of hydrogen-bond acceptors (Lipinski definition) is 4. The molecule has 3 rings (SSSR count). The second-order valence-corrected chi connectivity index (χ2v) is 7.18. The van der Waals surface area contributed by atoms with Gasteiger partial charge in [0, 0.05) is 21.0 Å². The number of thiazole rings is 1. The minimum absolute atomic E-state index is 0.0204. The van der Waals surface area contributed by atoms with Crippen molar-refractivity contribution in [1.29, 1.82) is 0 Å². The van der Waals surface area contributed by atoms with Crippen molar-refractivity contribution in [3.05, 3.63) is 44.2 Å². The third kappa shape index (κ3) is 2.82. The normalized spacial score (nSPS) is 10.8. The van der Waals surface area contributed by atoms with Crippen LogP contribution in [-0.4, -0.2) is 10.9 Å². The molecule has 0 aliphatic rings. The molecule has 0 aliphatic heterocycles. The third-order valence-corrected chi connectivity index (χ3v) is 5.22. The first-order valence-corrected chi connectivity index (χ1v) is 8.18. The molecule has 1 amide bonds. The Balaban J connectivity index is 1.75. The number of fused-ring (bicyclic) bond motifs is 1. The molecule has 20 heavy (non-hydrogen) atoms. The second-order valence-electron chi connectivity index (χ2n) is 4.46. The Hall–Kier alpha value is -1.50. The van der Waals surface area contributed by atoms with Crippen LogP contribution in [0.25, 0.3) is 10.1 Å².